The van der Waals surface area contributed by atoms with E-state index in [0.717, 1.165) is 5.39 Å². The molecule has 0 radical (unpaired) electrons. The molecule has 2 aromatic rings. The average Bonchev–Trinajstić information content (AvgIpc) is 2.61. The van der Waals surface area contributed by atoms with Crippen molar-refractivity contribution in [2.24, 2.45) is 0 Å². The van der Waals surface area contributed by atoms with Crippen molar-refractivity contribution >= 4 is 28.5 Å². The van der Waals surface area contributed by atoms with Crippen molar-refractivity contribution in [3.05, 3.63) is 36.1 Å². The largest absolute Gasteiger partial charge is 0.370 e. The molecule has 7 heteroatoms. The third-order valence-electron chi connectivity index (χ3n) is 4.38. The summed E-state index contributed by atoms with van der Waals surface area (Å²) >= 11 is 0. The molecule has 1 N–H and O–H groups in total. The van der Waals surface area contributed by atoms with E-state index in [0.29, 0.717) is 50.5 Å². The summed E-state index contributed by atoms with van der Waals surface area (Å²) in [4.78, 5) is 31.4. The van der Waals surface area contributed by atoms with Crippen LogP contribution in [0.25, 0.3) is 10.9 Å². The zero-order valence-corrected chi connectivity index (χ0v) is 14.2. The first-order valence-electron chi connectivity index (χ1n) is 8.36. The molecule has 6 nitrogen and oxygen atoms in total. The van der Waals surface area contributed by atoms with Gasteiger partial charge < -0.3 is 15.1 Å². The molecule has 0 saturated carbocycles. The molecule has 0 bridgehead atoms. The number of piperazine rings is 1. The molecule has 2 heterocycles. The maximum Gasteiger partial charge on any atom is 0.224 e. The van der Waals surface area contributed by atoms with E-state index in [4.69, 9.17) is 0 Å². The van der Waals surface area contributed by atoms with Gasteiger partial charge in [-0.15, -0.1) is 0 Å². The lowest BCUT2D eigenvalue weighted by atomic mass is 10.2. The summed E-state index contributed by atoms with van der Waals surface area (Å²) in [7, 11) is 0. The number of amides is 2. The van der Waals surface area contributed by atoms with Crippen molar-refractivity contribution in [3.8, 4) is 0 Å². The van der Waals surface area contributed by atoms with Crippen LogP contribution in [0.3, 0.4) is 0 Å². The molecular formula is C18H21FN4O2. The van der Waals surface area contributed by atoms with Gasteiger partial charge in [-0.3, -0.25) is 9.59 Å². The van der Waals surface area contributed by atoms with E-state index in [1.54, 1.807) is 22.8 Å². The van der Waals surface area contributed by atoms with Gasteiger partial charge in [0.2, 0.25) is 11.8 Å². The highest BCUT2D eigenvalue weighted by Gasteiger charge is 2.21. The molecule has 1 aromatic carbocycles. The minimum Gasteiger partial charge on any atom is -0.370 e. The van der Waals surface area contributed by atoms with E-state index in [-0.39, 0.29) is 17.6 Å². The summed E-state index contributed by atoms with van der Waals surface area (Å²) in [5.74, 6) is 0.402. The van der Waals surface area contributed by atoms with E-state index in [1.165, 1.54) is 12.1 Å². The Hall–Kier alpha value is -2.70. The molecule has 0 spiro atoms. The number of nitrogens with zero attached hydrogens (tertiary/aromatic N) is 3. The van der Waals surface area contributed by atoms with Gasteiger partial charge in [-0.2, -0.15) is 0 Å². The molecule has 25 heavy (non-hydrogen) atoms. The van der Waals surface area contributed by atoms with Crippen molar-refractivity contribution in [2.75, 3.05) is 38.0 Å². The van der Waals surface area contributed by atoms with Crippen molar-refractivity contribution in [2.45, 2.75) is 13.3 Å². The number of anilines is 1. The van der Waals surface area contributed by atoms with Crippen LogP contribution in [0.2, 0.25) is 0 Å². The highest BCUT2D eigenvalue weighted by atomic mass is 19.1. The molecule has 1 fully saturated rings. The number of hydrogen-bond acceptors (Lipinski definition) is 4. The van der Waals surface area contributed by atoms with Gasteiger partial charge in [-0.25, -0.2) is 9.37 Å². The number of carbonyl (C=O) groups excluding carboxylic acids is 2. The van der Waals surface area contributed by atoms with E-state index >= 15 is 0 Å². The number of halogens is 1. The summed E-state index contributed by atoms with van der Waals surface area (Å²) < 4.78 is 13.3. The van der Waals surface area contributed by atoms with Crippen molar-refractivity contribution in [1.29, 1.82) is 0 Å². The predicted molar refractivity (Wildman–Crippen MR) is 93.6 cm³/mol. The molecule has 0 atom stereocenters. The van der Waals surface area contributed by atoms with Gasteiger partial charge in [0.1, 0.15) is 11.6 Å². The molecule has 1 aliphatic rings. The Labute approximate surface area is 145 Å². The maximum absolute atomic E-state index is 13.3. The van der Waals surface area contributed by atoms with E-state index in [1.807, 2.05) is 12.1 Å². The molecule has 0 aliphatic carbocycles. The van der Waals surface area contributed by atoms with Gasteiger partial charge in [0.15, 0.2) is 0 Å². The summed E-state index contributed by atoms with van der Waals surface area (Å²) in [6, 6.07) is 8.16. The van der Waals surface area contributed by atoms with E-state index < -0.39 is 0 Å². The Morgan fingerprint density at radius 3 is 2.52 bits per heavy atom. The molecule has 1 saturated heterocycles. The Balaban J connectivity index is 1.49. The molecule has 2 amide bonds. The highest BCUT2D eigenvalue weighted by molar-refractivity contribution is 5.80. The lowest BCUT2D eigenvalue weighted by Gasteiger charge is -2.34. The molecule has 132 valence electrons. The van der Waals surface area contributed by atoms with Gasteiger partial charge in [0.25, 0.3) is 0 Å². The second kappa shape index (κ2) is 7.46. The standard InChI is InChI=1S/C18H21FN4O2/c1-13(24)22-8-10-23(11-9-22)18(25)6-7-20-17-5-3-14-2-4-15(19)12-16(14)21-17/h2-5,12H,6-11H2,1H3,(H,20,21). The smallest absolute Gasteiger partial charge is 0.224 e. The van der Waals surface area contributed by atoms with Crippen LogP contribution < -0.4 is 5.32 Å². The zero-order chi connectivity index (χ0) is 17.8. The molecular weight excluding hydrogens is 323 g/mol. The number of aromatic nitrogens is 1. The van der Waals surface area contributed by atoms with Crippen LogP contribution in [0.15, 0.2) is 30.3 Å². The summed E-state index contributed by atoms with van der Waals surface area (Å²) in [6.07, 6.45) is 0.350. The first-order chi connectivity index (χ1) is 12.0. The van der Waals surface area contributed by atoms with Crippen LogP contribution in [0.5, 0.6) is 0 Å². The fourth-order valence-corrected chi connectivity index (χ4v) is 2.92. The van der Waals surface area contributed by atoms with Crippen LogP contribution in [0.1, 0.15) is 13.3 Å². The maximum atomic E-state index is 13.3. The van der Waals surface area contributed by atoms with Crippen molar-refractivity contribution < 1.29 is 14.0 Å². The average molecular weight is 344 g/mol. The number of benzene rings is 1. The van der Waals surface area contributed by atoms with Crippen LogP contribution >= 0.6 is 0 Å². The van der Waals surface area contributed by atoms with Crippen LogP contribution in [0, 0.1) is 5.82 Å². The Bertz CT molecular complexity index is 788. The monoisotopic (exact) mass is 344 g/mol. The zero-order valence-electron chi connectivity index (χ0n) is 14.2. The van der Waals surface area contributed by atoms with Crippen LogP contribution in [-0.4, -0.2) is 59.3 Å². The second-order valence-electron chi connectivity index (χ2n) is 6.10. The topological polar surface area (TPSA) is 65.5 Å². The number of fused-ring (bicyclic) bond motifs is 1. The second-order valence-corrected chi connectivity index (χ2v) is 6.10. The normalized spacial score (nSPS) is 14.6. The van der Waals surface area contributed by atoms with Gasteiger partial charge in [0.05, 0.1) is 5.52 Å². The third kappa shape index (κ3) is 4.23. The van der Waals surface area contributed by atoms with Gasteiger partial charge in [-0.05, 0) is 24.3 Å². The summed E-state index contributed by atoms with van der Waals surface area (Å²) in [5, 5.41) is 3.97. The lowest BCUT2D eigenvalue weighted by molar-refractivity contribution is -0.138. The summed E-state index contributed by atoms with van der Waals surface area (Å²) in [5.41, 5.74) is 0.580. The Morgan fingerprint density at radius 1 is 1.12 bits per heavy atom. The number of rotatable bonds is 4. The molecule has 1 aromatic heterocycles. The highest BCUT2D eigenvalue weighted by Crippen LogP contribution is 2.16. The third-order valence-corrected chi connectivity index (χ3v) is 4.38. The Kier molecular flexibility index (Phi) is 5.11. The SMILES string of the molecule is CC(=O)N1CCN(C(=O)CCNc2ccc3ccc(F)cc3n2)CC1. The first-order valence-corrected chi connectivity index (χ1v) is 8.36. The fourth-order valence-electron chi connectivity index (χ4n) is 2.92. The number of nitrogens with one attached hydrogen (secondary N) is 1. The van der Waals surface area contributed by atoms with E-state index in [2.05, 4.69) is 10.3 Å². The van der Waals surface area contributed by atoms with Crippen LogP contribution in [0.4, 0.5) is 10.2 Å². The number of pyridine rings is 1. The molecule has 3 rings (SSSR count). The van der Waals surface area contributed by atoms with Crippen molar-refractivity contribution in [3.63, 3.8) is 0 Å². The predicted octanol–water partition coefficient (Wildman–Crippen LogP) is 1.87. The lowest BCUT2D eigenvalue weighted by Crippen LogP contribution is -2.50. The minimum atomic E-state index is -0.322. The number of hydrogen-bond donors (Lipinski definition) is 1. The van der Waals surface area contributed by atoms with Crippen LogP contribution in [-0.2, 0) is 9.59 Å². The summed E-state index contributed by atoms with van der Waals surface area (Å²) in [6.45, 7) is 4.33. The van der Waals surface area contributed by atoms with Crippen molar-refractivity contribution in [1.82, 2.24) is 14.8 Å². The van der Waals surface area contributed by atoms with E-state index in [9.17, 15) is 14.0 Å². The van der Waals surface area contributed by atoms with Gasteiger partial charge in [0, 0.05) is 57.5 Å². The molecule has 1 aliphatic heterocycles. The quantitative estimate of drug-likeness (QED) is 0.920. The van der Waals surface area contributed by atoms with Gasteiger partial charge >= 0.3 is 0 Å². The Morgan fingerprint density at radius 2 is 1.80 bits per heavy atom. The number of carbonyl (C=O) groups is 2. The first kappa shape index (κ1) is 17.1. The molecule has 0 unspecified atom stereocenters. The fraction of sp³-hybridized carbons (Fsp3) is 0.389. The van der Waals surface area contributed by atoms with Gasteiger partial charge in [-0.1, -0.05) is 0 Å². The minimum absolute atomic E-state index is 0.0487.